The number of ketones is 1. The Morgan fingerprint density at radius 2 is 1.89 bits per heavy atom. The lowest BCUT2D eigenvalue weighted by Crippen LogP contribution is -2.29. The van der Waals surface area contributed by atoms with E-state index in [1.54, 1.807) is 55.5 Å². The number of benzene rings is 2. The van der Waals surface area contributed by atoms with Crippen molar-refractivity contribution in [2.24, 2.45) is 0 Å². The molecule has 0 aliphatic carbocycles. The van der Waals surface area contributed by atoms with Crippen molar-refractivity contribution in [1.82, 2.24) is 5.16 Å². The lowest BCUT2D eigenvalue weighted by molar-refractivity contribution is -0.132. The van der Waals surface area contributed by atoms with Gasteiger partial charge in [0.15, 0.2) is 17.3 Å². The monoisotopic (exact) mass is 496 g/mol. The summed E-state index contributed by atoms with van der Waals surface area (Å²) in [5, 5.41) is 15.6. The summed E-state index contributed by atoms with van der Waals surface area (Å²) in [6, 6.07) is 12.1. The molecule has 1 N–H and O–H groups in total. The predicted molar refractivity (Wildman–Crippen MR) is 131 cm³/mol. The zero-order valence-corrected chi connectivity index (χ0v) is 20.3. The number of carbonyl (C=O) groups is 2. The number of hydrogen-bond acceptors (Lipinski definition) is 7. The van der Waals surface area contributed by atoms with E-state index < -0.39 is 17.7 Å². The van der Waals surface area contributed by atoms with E-state index >= 15 is 0 Å². The molecule has 0 bridgehead atoms. The first-order valence-electron chi connectivity index (χ1n) is 11.2. The highest BCUT2D eigenvalue weighted by atomic mass is 35.5. The first-order valence-corrected chi connectivity index (χ1v) is 11.5. The molecule has 9 heteroatoms. The van der Waals surface area contributed by atoms with Gasteiger partial charge in [-0.1, -0.05) is 36.2 Å². The van der Waals surface area contributed by atoms with Crippen molar-refractivity contribution in [2.75, 3.05) is 18.6 Å². The van der Waals surface area contributed by atoms with Crippen molar-refractivity contribution in [3.8, 4) is 11.5 Å². The Kier molecular flexibility index (Phi) is 7.12. The Morgan fingerprint density at radius 3 is 2.51 bits per heavy atom. The largest absolute Gasteiger partial charge is 0.507 e. The summed E-state index contributed by atoms with van der Waals surface area (Å²) in [7, 11) is 1.51. The molecule has 3 aromatic rings. The fraction of sp³-hybridized carbons (Fsp3) is 0.269. The van der Waals surface area contributed by atoms with Crippen LogP contribution in [0.5, 0.6) is 11.5 Å². The molecule has 8 nitrogen and oxygen atoms in total. The molecule has 1 aliphatic rings. The molecule has 1 aliphatic heterocycles. The molecule has 182 valence electrons. The number of amides is 1. The number of nitrogens with zero attached hydrogens (tertiary/aromatic N) is 2. The number of ether oxygens (including phenoxy) is 2. The van der Waals surface area contributed by atoms with Crippen LogP contribution in [-0.4, -0.2) is 35.7 Å². The zero-order chi connectivity index (χ0) is 25.1. The summed E-state index contributed by atoms with van der Waals surface area (Å²) >= 11 is 5.98. The molecule has 1 saturated heterocycles. The minimum atomic E-state index is -0.978. The molecule has 35 heavy (non-hydrogen) atoms. The second-order valence-corrected chi connectivity index (χ2v) is 8.52. The summed E-state index contributed by atoms with van der Waals surface area (Å²) in [6.45, 7) is 4.28. The van der Waals surface area contributed by atoms with Crippen molar-refractivity contribution in [3.05, 3.63) is 76.0 Å². The number of anilines is 1. The minimum absolute atomic E-state index is 0.0836. The molecular formula is C26H25ClN2O6. The van der Waals surface area contributed by atoms with Crippen molar-refractivity contribution < 1.29 is 28.7 Å². The Morgan fingerprint density at radius 1 is 1.14 bits per heavy atom. The van der Waals surface area contributed by atoms with E-state index in [0.29, 0.717) is 40.0 Å². The maximum atomic E-state index is 13.2. The predicted octanol–water partition coefficient (Wildman–Crippen LogP) is 5.45. The standard InChI is InChI=1S/C26H25ClN2O6/c1-4-5-12-34-19-11-8-17(14-20(19)33-3)23-22(24(30)16-6-9-18(27)10-7-16)25(31)26(32)29(23)21-13-15(2)35-28-21/h6-11,13-14,23,30H,4-5,12H2,1-3H3/b24-22+/t23-/m1/s1. The van der Waals surface area contributed by atoms with E-state index in [-0.39, 0.29) is 17.2 Å². The van der Waals surface area contributed by atoms with E-state index in [2.05, 4.69) is 12.1 Å². The number of hydrogen-bond donors (Lipinski definition) is 1. The molecule has 0 saturated carbocycles. The molecule has 2 aromatic carbocycles. The quantitative estimate of drug-likeness (QED) is 0.191. The third kappa shape index (κ3) is 4.74. The Balaban J connectivity index is 1.87. The highest BCUT2D eigenvalue weighted by Crippen LogP contribution is 2.44. The third-order valence-electron chi connectivity index (χ3n) is 5.68. The Labute approximate surface area is 207 Å². The summed E-state index contributed by atoms with van der Waals surface area (Å²) in [4.78, 5) is 27.6. The van der Waals surface area contributed by atoms with E-state index in [1.165, 1.54) is 12.0 Å². The first kappa shape index (κ1) is 24.3. The molecule has 2 heterocycles. The van der Waals surface area contributed by atoms with Gasteiger partial charge in [0.2, 0.25) is 0 Å². The van der Waals surface area contributed by atoms with Crippen molar-refractivity contribution in [3.63, 3.8) is 0 Å². The van der Waals surface area contributed by atoms with Gasteiger partial charge in [0.05, 0.1) is 25.3 Å². The van der Waals surface area contributed by atoms with Crippen molar-refractivity contribution >= 4 is 34.9 Å². The van der Waals surface area contributed by atoms with Gasteiger partial charge in [-0.05, 0) is 55.3 Å². The molecule has 0 unspecified atom stereocenters. The summed E-state index contributed by atoms with van der Waals surface area (Å²) in [5.74, 6) is -0.396. The maximum Gasteiger partial charge on any atom is 0.301 e. The van der Waals surface area contributed by atoms with Crippen LogP contribution in [0.15, 0.2) is 58.6 Å². The number of carbonyl (C=O) groups excluding carboxylic acids is 2. The van der Waals surface area contributed by atoms with Crippen LogP contribution in [0.1, 0.15) is 42.7 Å². The van der Waals surface area contributed by atoms with Gasteiger partial charge in [-0.15, -0.1) is 0 Å². The number of rotatable bonds is 8. The van der Waals surface area contributed by atoms with Crippen LogP contribution in [0.2, 0.25) is 5.02 Å². The van der Waals surface area contributed by atoms with E-state index in [0.717, 1.165) is 12.8 Å². The van der Waals surface area contributed by atoms with E-state index in [1.807, 2.05) is 0 Å². The third-order valence-corrected chi connectivity index (χ3v) is 5.94. The number of Topliss-reactive ketones (excluding diaryl/α,β-unsaturated/α-hetero) is 1. The van der Waals surface area contributed by atoms with Gasteiger partial charge in [0.1, 0.15) is 11.5 Å². The molecule has 1 aromatic heterocycles. The van der Waals surface area contributed by atoms with Crippen LogP contribution in [0.4, 0.5) is 5.82 Å². The van der Waals surface area contributed by atoms with Gasteiger partial charge in [0.25, 0.3) is 5.78 Å². The van der Waals surface area contributed by atoms with Crippen LogP contribution in [0, 0.1) is 6.92 Å². The fourth-order valence-corrected chi connectivity index (χ4v) is 4.04. The van der Waals surface area contributed by atoms with Crippen LogP contribution in [-0.2, 0) is 9.59 Å². The smallest absolute Gasteiger partial charge is 0.301 e. The van der Waals surface area contributed by atoms with Crippen molar-refractivity contribution in [2.45, 2.75) is 32.7 Å². The molecular weight excluding hydrogens is 472 g/mol. The average molecular weight is 497 g/mol. The average Bonchev–Trinajstić information content (AvgIpc) is 3.39. The Bertz CT molecular complexity index is 1280. The molecule has 1 atom stereocenters. The number of methoxy groups -OCH3 is 1. The zero-order valence-electron chi connectivity index (χ0n) is 19.6. The molecule has 4 rings (SSSR count). The Hall–Kier alpha value is -3.78. The number of aryl methyl sites for hydroxylation is 1. The van der Waals surface area contributed by atoms with Crippen LogP contribution in [0.3, 0.4) is 0 Å². The van der Waals surface area contributed by atoms with Crippen LogP contribution in [0.25, 0.3) is 5.76 Å². The number of unbranched alkanes of at least 4 members (excludes halogenated alkanes) is 1. The summed E-state index contributed by atoms with van der Waals surface area (Å²) < 4.78 is 16.5. The van der Waals surface area contributed by atoms with Gasteiger partial charge in [-0.25, -0.2) is 0 Å². The van der Waals surface area contributed by atoms with E-state index in [9.17, 15) is 14.7 Å². The number of aliphatic hydroxyl groups is 1. The van der Waals surface area contributed by atoms with Crippen LogP contribution >= 0.6 is 11.6 Å². The van der Waals surface area contributed by atoms with Gasteiger partial charge in [-0.2, -0.15) is 0 Å². The normalized spacial score (nSPS) is 17.1. The van der Waals surface area contributed by atoms with Gasteiger partial charge in [0, 0.05) is 16.7 Å². The number of aliphatic hydroxyl groups excluding tert-OH is 1. The SMILES string of the molecule is CCCCOc1ccc([C@@H]2/C(=C(\O)c3ccc(Cl)cc3)C(=O)C(=O)N2c2cc(C)on2)cc1OC. The van der Waals surface area contributed by atoms with E-state index in [4.69, 9.17) is 25.6 Å². The van der Waals surface area contributed by atoms with Gasteiger partial charge < -0.3 is 19.1 Å². The first-order chi connectivity index (χ1) is 16.8. The molecule has 0 radical (unpaired) electrons. The summed E-state index contributed by atoms with van der Waals surface area (Å²) in [6.07, 6.45) is 1.87. The molecule has 0 spiro atoms. The number of aromatic nitrogens is 1. The topological polar surface area (TPSA) is 102 Å². The van der Waals surface area contributed by atoms with Crippen LogP contribution < -0.4 is 14.4 Å². The lowest BCUT2D eigenvalue weighted by Gasteiger charge is -2.23. The van der Waals surface area contributed by atoms with Gasteiger partial charge in [-0.3, -0.25) is 14.5 Å². The molecule has 1 fully saturated rings. The highest BCUT2D eigenvalue weighted by Gasteiger charge is 2.48. The van der Waals surface area contributed by atoms with Gasteiger partial charge >= 0.3 is 5.91 Å². The summed E-state index contributed by atoms with van der Waals surface area (Å²) in [5.41, 5.74) is 0.792. The second kappa shape index (κ2) is 10.2. The maximum absolute atomic E-state index is 13.2. The fourth-order valence-electron chi connectivity index (χ4n) is 3.91. The molecule has 1 amide bonds. The van der Waals surface area contributed by atoms with Crippen molar-refractivity contribution in [1.29, 1.82) is 0 Å². The second-order valence-electron chi connectivity index (χ2n) is 8.08. The lowest BCUT2D eigenvalue weighted by atomic mass is 9.95. The minimum Gasteiger partial charge on any atom is -0.507 e. The number of halogens is 1. The highest BCUT2D eigenvalue weighted by molar-refractivity contribution is 6.51.